The molecule has 0 unspecified atom stereocenters. The first-order chi connectivity index (χ1) is 17.8. The Morgan fingerprint density at radius 1 is 1.03 bits per heavy atom. The molecule has 1 aliphatic heterocycles. The van der Waals surface area contributed by atoms with Crippen molar-refractivity contribution in [2.75, 3.05) is 18.6 Å². The van der Waals surface area contributed by atoms with E-state index in [2.05, 4.69) is 5.32 Å². The van der Waals surface area contributed by atoms with Gasteiger partial charge in [-0.25, -0.2) is 14.1 Å². The molecule has 1 heterocycles. The number of rotatable bonds is 8. The zero-order chi connectivity index (χ0) is 26.5. The second-order valence-electron chi connectivity index (χ2n) is 7.80. The number of anilines is 1. The summed E-state index contributed by atoms with van der Waals surface area (Å²) in [5.41, 5.74) is 0.921. The Bertz CT molecular complexity index is 1390. The standard InChI is InChI=1S/C27H22FIN2O6/c1-3-36-23-14-16(13-22(29)24(23)37-15-17-6-4-5-7-21(17)28)12-20-25(32)30-27(34)31(26(20)33)18-8-10-19(35-2)11-9-18/h4-14H,3,15H2,1-2H3,(H,30,32,34)/b20-12+. The molecule has 1 saturated heterocycles. The monoisotopic (exact) mass is 616 g/mol. The van der Waals surface area contributed by atoms with Gasteiger partial charge in [0, 0.05) is 5.56 Å². The summed E-state index contributed by atoms with van der Waals surface area (Å²) in [5, 5.41) is 2.20. The van der Waals surface area contributed by atoms with Gasteiger partial charge >= 0.3 is 6.03 Å². The minimum absolute atomic E-state index is 0.0109. The van der Waals surface area contributed by atoms with Crippen molar-refractivity contribution in [3.63, 3.8) is 0 Å². The van der Waals surface area contributed by atoms with Crippen LogP contribution in [0.5, 0.6) is 17.2 Å². The molecule has 0 aliphatic carbocycles. The zero-order valence-corrected chi connectivity index (χ0v) is 22.1. The van der Waals surface area contributed by atoms with Crippen LogP contribution in [0.25, 0.3) is 6.08 Å². The number of methoxy groups -OCH3 is 1. The van der Waals surface area contributed by atoms with Gasteiger partial charge in [0.15, 0.2) is 11.5 Å². The second kappa shape index (κ2) is 11.4. The number of urea groups is 1. The van der Waals surface area contributed by atoms with E-state index in [0.717, 1.165) is 4.90 Å². The Labute approximate surface area is 226 Å². The van der Waals surface area contributed by atoms with Gasteiger partial charge in [-0.1, -0.05) is 18.2 Å². The first kappa shape index (κ1) is 26.1. The van der Waals surface area contributed by atoms with Crippen molar-refractivity contribution < 1.29 is 33.0 Å². The van der Waals surface area contributed by atoms with Crippen LogP contribution in [0, 0.1) is 9.39 Å². The van der Waals surface area contributed by atoms with E-state index in [4.69, 9.17) is 14.2 Å². The van der Waals surface area contributed by atoms with E-state index >= 15 is 0 Å². The SMILES string of the molecule is CCOc1cc(/C=C2\C(=O)NC(=O)N(c3ccc(OC)cc3)C2=O)cc(I)c1OCc1ccccc1F. The molecule has 1 aliphatic rings. The van der Waals surface area contributed by atoms with Gasteiger partial charge < -0.3 is 14.2 Å². The van der Waals surface area contributed by atoms with E-state index in [1.165, 1.54) is 19.3 Å². The number of nitrogens with zero attached hydrogens (tertiary/aromatic N) is 1. The van der Waals surface area contributed by atoms with Crippen molar-refractivity contribution in [3.8, 4) is 17.2 Å². The third-order valence-corrected chi connectivity index (χ3v) is 6.21. The van der Waals surface area contributed by atoms with Crippen LogP contribution < -0.4 is 24.4 Å². The molecular weight excluding hydrogens is 594 g/mol. The average molecular weight is 616 g/mol. The van der Waals surface area contributed by atoms with Crippen LogP contribution in [-0.2, 0) is 16.2 Å². The predicted molar refractivity (Wildman–Crippen MR) is 143 cm³/mol. The maximum absolute atomic E-state index is 14.0. The lowest BCUT2D eigenvalue weighted by Crippen LogP contribution is -2.54. The lowest BCUT2D eigenvalue weighted by Gasteiger charge is -2.26. The molecule has 37 heavy (non-hydrogen) atoms. The number of carbonyl (C=O) groups is 3. The number of benzene rings is 3. The van der Waals surface area contributed by atoms with Crippen molar-refractivity contribution in [3.05, 3.63) is 86.8 Å². The highest BCUT2D eigenvalue weighted by Gasteiger charge is 2.37. The summed E-state index contributed by atoms with van der Waals surface area (Å²) in [5.74, 6) is -0.642. The highest BCUT2D eigenvalue weighted by atomic mass is 127. The highest BCUT2D eigenvalue weighted by molar-refractivity contribution is 14.1. The third-order valence-electron chi connectivity index (χ3n) is 5.40. The Balaban J connectivity index is 1.65. The molecule has 0 saturated carbocycles. The minimum atomic E-state index is -0.848. The lowest BCUT2D eigenvalue weighted by molar-refractivity contribution is -0.122. The molecular formula is C27H22FIN2O6. The number of imide groups is 2. The van der Waals surface area contributed by atoms with Gasteiger partial charge in [0.2, 0.25) is 0 Å². The minimum Gasteiger partial charge on any atom is -0.497 e. The van der Waals surface area contributed by atoms with Gasteiger partial charge in [0.25, 0.3) is 11.8 Å². The number of halogens is 2. The Morgan fingerprint density at radius 3 is 2.43 bits per heavy atom. The van der Waals surface area contributed by atoms with Crippen molar-refractivity contribution in [2.45, 2.75) is 13.5 Å². The Kier molecular flexibility index (Phi) is 8.07. The Morgan fingerprint density at radius 2 is 1.76 bits per heavy atom. The number of hydrogen-bond acceptors (Lipinski definition) is 6. The molecule has 4 amide bonds. The van der Waals surface area contributed by atoms with Crippen LogP contribution in [0.4, 0.5) is 14.9 Å². The molecule has 10 heteroatoms. The molecule has 190 valence electrons. The number of amides is 4. The van der Waals surface area contributed by atoms with E-state index in [-0.39, 0.29) is 23.7 Å². The fourth-order valence-corrected chi connectivity index (χ4v) is 4.41. The van der Waals surface area contributed by atoms with E-state index in [1.54, 1.807) is 61.5 Å². The normalized spacial score (nSPS) is 14.5. The summed E-state index contributed by atoms with van der Waals surface area (Å²) in [6, 6.07) is 15.1. The first-order valence-electron chi connectivity index (χ1n) is 11.2. The fraction of sp³-hybridized carbons (Fsp3) is 0.148. The predicted octanol–water partition coefficient (Wildman–Crippen LogP) is 5.08. The third kappa shape index (κ3) is 5.74. The summed E-state index contributed by atoms with van der Waals surface area (Å²) >= 11 is 2.04. The molecule has 0 bridgehead atoms. The van der Waals surface area contributed by atoms with Crippen LogP contribution in [-0.4, -0.2) is 31.6 Å². The van der Waals surface area contributed by atoms with Crippen molar-refractivity contribution in [2.24, 2.45) is 0 Å². The lowest BCUT2D eigenvalue weighted by atomic mass is 10.1. The summed E-state index contributed by atoms with van der Waals surface area (Å²) in [6.07, 6.45) is 1.38. The van der Waals surface area contributed by atoms with E-state index < -0.39 is 17.8 Å². The number of ether oxygens (including phenoxy) is 3. The fourth-order valence-electron chi connectivity index (χ4n) is 3.63. The number of carbonyl (C=O) groups excluding carboxylic acids is 3. The summed E-state index contributed by atoms with van der Waals surface area (Å²) in [4.78, 5) is 39.2. The molecule has 0 aromatic heterocycles. The second-order valence-corrected chi connectivity index (χ2v) is 8.96. The molecule has 4 rings (SSSR count). The number of hydrogen-bond donors (Lipinski definition) is 1. The van der Waals surface area contributed by atoms with Gasteiger partial charge in [-0.2, -0.15) is 0 Å². The van der Waals surface area contributed by atoms with Crippen LogP contribution in [0.1, 0.15) is 18.1 Å². The maximum Gasteiger partial charge on any atom is 0.335 e. The van der Waals surface area contributed by atoms with Gasteiger partial charge in [0.05, 0.1) is 23.0 Å². The largest absolute Gasteiger partial charge is 0.497 e. The molecule has 3 aromatic carbocycles. The topological polar surface area (TPSA) is 94.2 Å². The highest BCUT2D eigenvalue weighted by Crippen LogP contribution is 2.36. The zero-order valence-electron chi connectivity index (χ0n) is 19.9. The molecule has 8 nitrogen and oxygen atoms in total. The molecule has 0 spiro atoms. The van der Waals surface area contributed by atoms with Crippen molar-refractivity contribution in [1.82, 2.24) is 5.32 Å². The summed E-state index contributed by atoms with van der Waals surface area (Å²) < 4.78 is 31.4. The maximum atomic E-state index is 14.0. The van der Waals surface area contributed by atoms with Crippen molar-refractivity contribution in [1.29, 1.82) is 0 Å². The van der Waals surface area contributed by atoms with Gasteiger partial charge in [-0.15, -0.1) is 0 Å². The van der Waals surface area contributed by atoms with Gasteiger partial charge in [-0.3, -0.25) is 14.9 Å². The van der Waals surface area contributed by atoms with Crippen LogP contribution in [0.3, 0.4) is 0 Å². The van der Waals surface area contributed by atoms with Crippen LogP contribution in [0.2, 0.25) is 0 Å². The van der Waals surface area contributed by atoms with Crippen LogP contribution >= 0.6 is 22.6 Å². The quantitative estimate of drug-likeness (QED) is 0.216. The molecule has 0 radical (unpaired) electrons. The van der Waals surface area contributed by atoms with E-state index in [1.807, 2.05) is 22.6 Å². The van der Waals surface area contributed by atoms with Gasteiger partial charge in [0.1, 0.15) is 23.7 Å². The first-order valence-corrected chi connectivity index (χ1v) is 12.3. The Hall–Kier alpha value is -3.93. The average Bonchev–Trinajstić information content (AvgIpc) is 2.87. The van der Waals surface area contributed by atoms with Gasteiger partial charge in [-0.05, 0) is 83.6 Å². The van der Waals surface area contributed by atoms with E-state index in [9.17, 15) is 18.8 Å². The molecule has 3 aromatic rings. The molecule has 1 fully saturated rings. The summed E-state index contributed by atoms with van der Waals surface area (Å²) in [6.45, 7) is 2.11. The number of nitrogens with one attached hydrogen (secondary N) is 1. The molecule has 0 atom stereocenters. The number of barbiturate groups is 1. The van der Waals surface area contributed by atoms with Crippen LogP contribution in [0.15, 0.2) is 66.2 Å². The molecule has 1 N–H and O–H groups in total. The van der Waals surface area contributed by atoms with Crippen molar-refractivity contribution >= 4 is 52.2 Å². The van der Waals surface area contributed by atoms with E-state index in [0.29, 0.717) is 38.6 Å². The summed E-state index contributed by atoms with van der Waals surface area (Å²) in [7, 11) is 1.50. The smallest absolute Gasteiger partial charge is 0.335 e.